The summed E-state index contributed by atoms with van der Waals surface area (Å²) < 4.78 is 58.4. The topological polar surface area (TPSA) is 376 Å². The van der Waals surface area contributed by atoms with Gasteiger partial charge in [-0.3, -0.25) is 33.5 Å². The minimum Gasteiger partial charge on any atom is -0.383 e. The first-order chi connectivity index (χ1) is 47.4. The van der Waals surface area contributed by atoms with Crippen molar-refractivity contribution in [3.63, 3.8) is 0 Å². The molecule has 14 rings (SSSR count). The van der Waals surface area contributed by atoms with Gasteiger partial charge in [-0.1, -0.05) is 26.8 Å². The second kappa shape index (κ2) is 35.6. The van der Waals surface area contributed by atoms with Crippen molar-refractivity contribution in [2.24, 2.45) is 17.8 Å². The zero-order valence-corrected chi connectivity index (χ0v) is 59.2. The van der Waals surface area contributed by atoms with Gasteiger partial charge in [-0.15, -0.1) is 0 Å². The fourth-order valence-electron chi connectivity index (χ4n) is 12.0. The van der Waals surface area contributed by atoms with Crippen LogP contribution < -0.4 is 17.2 Å². The average Bonchev–Trinajstić information content (AvgIpc) is 1.72. The molecule has 0 spiro atoms. The van der Waals surface area contributed by atoms with Gasteiger partial charge >= 0.3 is 0 Å². The van der Waals surface area contributed by atoms with Crippen LogP contribution in [0.15, 0.2) is 91.3 Å². The van der Waals surface area contributed by atoms with Crippen LogP contribution in [0.3, 0.4) is 0 Å². The first-order valence-electron chi connectivity index (χ1n) is 33.1. The van der Waals surface area contributed by atoms with Crippen molar-refractivity contribution in [2.75, 3.05) is 73.1 Å². The van der Waals surface area contributed by atoms with Crippen LogP contribution in [0, 0.1) is 17.8 Å². The van der Waals surface area contributed by atoms with E-state index in [0.29, 0.717) is 107 Å². The normalized spacial score (nSPS) is 28.3. The highest BCUT2D eigenvalue weighted by molar-refractivity contribution is 6.10. The largest absolute Gasteiger partial charge is 0.383 e. The number of nitrogens with zero attached hydrogens (tertiary/aromatic N) is 14. The minimum atomic E-state index is -0.472. The number of methoxy groups -OCH3 is 6. The molecule has 0 bridgehead atoms. The Hall–Kier alpha value is -8.37. The van der Waals surface area contributed by atoms with Gasteiger partial charge in [-0.25, -0.2) is 44.6 Å². The van der Waals surface area contributed by atoms with Crippen molar-refractivity contribution < 1.29 is 66.5 Å². The SMILES string of the molecule is CC1CC(C)C(C)O1.CC[C@@H]1C(OC)CC1n1ncc2c(N)ncnc21.COC1C=CC(N2C=C(C)C(=O)CC2=O)O1.COC1CC(C)C(C)O1.COC1CC1n1cnc2c(N)ncnc21.COCC(C)=Cn1cnc2c(N)ncnc21.COCC1C=CC(N2C=C(C)C(=O)CC2=O)O1. The predicted octanol–water partition coefficient (Wildman–Crippen LogP) is 7.10. The second-order valence-corrected chi connectivity index (χ2v) is 25.3. The molecule has 14 unspecified atom stereocenters. The Morgan fingerprint density at radius 2 is 1.16 bits per heavy atom. The number of carbonyl (C=O) groups is 4. The molecule has 6 aromatic heterocycles. The number of carbonyl (C=O) groups excluding carboxylic acids is 4. The van der Waals surface area contributed by atoms with Crippen molar-refractivity contribution in [3.05, 3.63) is 91.3 Å². The van der Waals surface area contributed by atoms with Gasteiger partial charge in [0.25, 0.3) is 0 Å². The molecule has 31 heteroatoms. The van der Waals surface area contributed by atoms with E-state index in [1.807, 2.05) is 33.0 Å². The maximum Gasteiger partial charge on any atom is 0.236 e. The summed E-state index contributed by atoms with van der Waals surface area (Å²) in [5.41, 5.74) is 23.0. The Bertz CT molecular complexity index is 3850. The van der Waals surface area contributed by atoms with Crippen LogP contribution in [-0.2, 0) is 66.5 Å². The third-order valence-electron chi connectivity index (χ3n) is 18.1. The first kappa shape index (κ1) is 76.4. The number of amides is 2. The molecule has 31 nitrogen and oxygen atoms in total. The summed E-state index contributed by atoms with van der Waals surface area (Å²) in [6.45, 7) is 19.4. The second-order valence-electron chi connectivity index (χ2n) is 25.3. The van der Waals surface area contributed by atoms with Gasteiger partial charge in [0, 0.05) is 84.7 Å². The van der Waals surface area contributed by atoms with E-state index in [-0.39, 0.29) is 54.7 Å². The molecule has 99 heavy (non-hydrogen) atoms. The van der Waals surface area contributed by atoms with Crippen LogP contribution in [0.5, 0.6) is 0 Å². The molecule has 2 saturated heterocycles. The molecule has 15 atom stereocenters. The number of aromatic nitrogens is 12. The molecule has 538 valence electrons. The molecule has 6 aliphatic heterocycles. The fourth-order valence-corrected chi connectivity index (χ4v) is 12.0. The molecule has 8 aliphatic rings. The highest BCUT2D eigenvalue weighted by Crippen LogP contribution is 2.44. The smallest absolute Gasteiger partial charge is 0.236 e. The number of allylic oxidation sites excluding steroid dienone is 2. The average molecular weight is 1380 g/mol. The van der Waals surface area contributed by atoms with Gasteiger partial charge in [0.2, 0.25) is 11.8 Å². The maximum absolute atomic E-state index is 11.7. The number of imidazole rings is 2. The molecule has 2 amide bonds. The lowest BCUT2D eigenvalue weighted by Gasteiger charge is -2.43. The van der Waals surface area contributed by atoms with E-state index in [2.05, 4.69) is 86.5 Å². The van der Waals surface area contributed by atoms with E-state index in [9.17, 15) is 19.2 Å². The van der Waals surface area contributed by atoms with E-state index in [1.54, 1.807) is 92.7 Å². The molecule has 6 N–H and O–H groups in total. The van der Waals surface area contributed by atoms with Gasteiger partial charge in [-0.05, 0) is 103 Å². The lowest BCUT2D eigenvalue weighted by Crippen LogP contribution is -2.43. The van der Waals surface area contributed by atoms with E-state index in [1.165, 1.54) is 48.5 Å². The highest BCUT2D eigenvalue weighted by atomic mass is 16.7. The van der Waals surface area contributed by atoms with Crippen molar-refractivity contribution >= 4 is 80.4 Å². The summed E-state index contributed by atoms with van der Waals surface area (Å²) in [5, 5.41) is 5.25. The number of hydrogen-bond acceptors (Lipinski definition) is 26. The van der Waals surface area contributed by atoms with E-state index in [0.717, 1.165) is 53.9 Å². The minimum absolute atomic E-state index is 0.0509. The van der Waals surface area contributed by atoms with Gasteiger partial charge < -0.3 is 69.1 Å². The quantitative estimate of drug-likeness (QED) is 0.0723. The molecule has 2 aliphatic carbocycles. The number of hydrogen-bond donors (Lipinski definition) is 3. The number of Topliss-reactive ketones (excluding diaryl/α,β-unsaturated/α-hetero) is 2. The Morgan fingerprint density at radius 1 is 0.596 bits per heavy atom. The molecule has 2 saturated carbocycles. The lowest BCUT2D eigenvalue weighted by molar-refractivity contribution is -0.156. The summed E-state index contributed by atoms with van der Waals surface area (Å²) in [7, 11) is 9.95. The zero-order valence-electron chi connectivity index (χ0n) is 59.2. The summed E-state index contributed by atoms with van der Waals surface area (Å²) in [6, 6.07) is 0.695. The van der Waals surface area contributed by atoms with Crippen molar-refractivity contribution in [1.82, 2.24) is 68.6 Å². The summed E-state index contributed by atoms with van der Waals surface area (Å²) in [4.78, 5) is 81.6. The standard InChI is InChI=1S/C12H17N5O.C12H15NO4.C11H13NO4.C10H13N5O.C9H11N5O.C7H14O2.C7H14O/c1-3-7-9(4-10(7)18-2)17-12-8(5-16-17)11(13)14-6-15-12;1-8-6-13(11(15)5-10(8)14)12-4-3-9(17-12)7-16-2;1-7-6-12(9(14)5-8(7)13)10-3-4-11(15-2)16-10;1-7(4-16-2)3-15-6-14-8-9(11)12-5-13-10(8)15;1-15-6-2-5(6)14-4-13-7-8(10)11-3-12-9(7)14;1-5-4-7(8-3)9-6(5)2;1-5-4-6(2)8-7(5)3/h5-7,9-10H,3-4H2,1-2H3,(H2,13,14,15);3-4,6,9,12H,5,7H2,1-2H3;3-4,6,10-11H,5H2,1-2H3;3,5-6H,4H2,1-2H3,(H2,11,12,13);3-6H,2H2,1H3,(H2,10,11,12);5-7H,4H2,1-3H3;5-7H,4H2,1-3H3/t7-,9?,10?;;;;;;/m0....../s1. The number of ether oxygens (including phenoxy) is 10. The van der Waals surface area contributed by atoms with Crippen molar-refractivity contribution in [2.45, 2.75) is 181 Å². The Balaban J connectivity index is 0.000000149. The van der Waals surface area contributed by atoms with Gasteiger partial charge in [-0.2, -0.15) is 5.10 Å². The van der Waals surface area contributed by atoms with Crippen LogP contribution in [0.2, 0.25) is 0 Å². The third kappa shape index (κ3) is 19.3. The van der Waals surface area contributed by atoms with E-state index >= 15 is 0 Å². The molecular weight excluding hydrogens is 1280 g/mol. The lowest BCUT2D eigenvalue weighted by atomic mass is 9.75. The number of nitrogen functional groups attached to an aromatic ring is 3. The molecule has 12 heterocycles. The van der Waals surface area contributed by atoms with Gasteiger partial charge in [0.05, 0.1) is 86.6 Å². The molecule has 0 aromatic carbocycles. The van der Waals surface area contributed by atoms with E-state index < -0.39 is 18.7 Å². The third-order valence-corrected chi connectivity index (χ3v) is 18.1. The highest BCUT2D eigenvalue weighted by Gasteiger charge is 2.43. The summed E-state index contributed by atoms with van der Waals surface area (Å²) in [6.07, 6.45) is 27.4. The number of rotatable bonds is 14. The van der Waals surface area contributed by atoms with Crippen LogP contribution >= 0.6 is 0 Å². The molecule has 6 aromatic rings. The van der Waals surface area contributed by atoms with Crippen molar-refractivity contribution in [1.29, 1.82) is 0 Å². The van der Waals surface area contributed by atoms with Crippen LogP contribution in [-0.4, -0.2) is 209 Å². The molecule has 0 radical (unpaired) electrons. The number of fused-ring (bicyclic) bond motifs is 3. The van der Waals surface area contributed by atoms with Crippen LogP contribution in [0.25, 0.3) is 39.6 Å². The van der Waals surface area contributed by atoms with Gasteiger partial charge in [0.1, 0.15) is 42.7 Å². The Labute approximate surface area is 576 Å². The predicted molar refractivity (Wildman–Crippen MR) is 368 cm³/mol. The fraction of sp³-hybridized carbons (Fsp3) is 0.574. The van der Waals surface area contributed by atoms with Crippen LogP contribution in [0.1, 0.15) is 119 Å². The number of nitrogens with two attached hydrogens (primary N) is 3. The Morgan fingerprint density at radius 3 is 1.68 bits per heavy atom. The number of ketones is 2. The summed E-state index contributed by atoms with van der Waals surface area (Å²) >= 11 is 0. The molecular formula is C68H97N17O14. The molecule has 4 fully saturated rings. The monoisotopic (exact) mass is 1380 g/mol. The Kier molecular flexibility index (Phi) is 27.5. The number of anilines is 3. The van der Waals surface area contributed by atoms with Gasteiger partial charge in [0.15, 0.2) is 70.7 Å². The zero-order chi connectivity index (χ0) is 71.8. The van der Waals surface area contributed by atoms with E-state index in [4.69, 9.17) is 64.6 Å². The summed E-state index contributed by atoms with van der Waals surface area (Å²) in [5.74, 6) is 2.48. The van der Waals surface area contributed by atoms with Crippen LogP contribution in [0.4, 0.5) is 17.5 Å². The maximum atomic E-state index is 11.7. The first-order valence-corrected chi connectivity index (χ1v) is 33.1. The van der Waals surface area contributed by atoms with Crippen molar-refractivity contribution in [3.8, 4) is 0 Å².